The Morgan fingerprint density at radius 3 is 2.79 bits per heavy atom. The van der Waals surface area contributed by atoms with Gasteiger partial charge in [0.25, 0.3) is 0 Å². The molecule has 0 spiro atoms. The SMILES string of the molecule is COc1ccc2nc(-c3ccccc3)nc(SCC(=O)N3CCCC(C)C3)c2c1. The molecule has 0 N–H and O–H groups in total. The highest BCUT2D eigenvalue weighted by Crippen LogP contribution is 2.31. The number of amides is 1. The standard InChI is InChI=1S/C23H25N3O2S/c1-16-7-6-12-26(14-16)21(27)15-29-23-19-13-18(28-2)10-11-20(19)24-22(25-23)17-8-4-3-5-9-17/h3-5,8-11,13,16H,6-7,12,14-15H2,1-2H3. The van der Waals surface area contributed by atoms with Crippen LogP contribution in [0.1, 0.15) is 19.8 Å². The van der Waals surface area contributed by atoms with E-state index >= 15 is 0 Å². The van der Waals surface area contributed by atoms with Gasteiger partial charge in [0.1, 0.15) is 10.8 Å². The largest absolute Gasteiger partial charge is 0.497 e. The summed E-state index contributed by atoms with van der Waals surface area (Å²) in [6.45, 7) is 3.92. The lowest BCUT2D eigenvalue weighted by molar-refractivity contribution is -0.130. The molecule has 2 heterocycles. The summed E-state index contributed by atoms with van der Waals surface area (Å²) in [5.74, 6) is 2.56. The molecule has 0 aliphatic carbocycles. The summed E-state index contributed by atoms with van der Waals surface area (Å²) in [7, 11) is 1.65. The molecule has 0 saturated carbocycles. The third-order valence-electron chi connectivity index (χ3n) is 5.24. The molecule has 0 bridgehead atoms. The number of methoxy groups -OCH3 is 1. The van der Waals surface area contributed by atoms with Crippen LogP contribution in [0, 0.1) is 5.92 Å². The molecular formula is C23H25N3O2S. The first-order valence-corrected chi connectivity index (χ1v) is 10.9. The number of rotatable bonds is 5. The second-order valence-corrected chi connectivity index (χ2v) is 8.44. The zero-order valence-electron chi connectivity index (χ0n) is 16.8. The number of thioether (sulfide) groups is 1. The quantitative estimate of drug-likeness (QED) is 0.455. The number of carbonyl (C=O) groups is 1. The molecule has 1 amide bonds. The Morgan fingerprint density at radius 2 is 2.03 bits per heavy atom. The summed E-state index contributed by atoms with van der Waals surface area (Å²) in [6, 6.07) is 15.7. The second-order valence-electron chi connectivity index (χ2n) is 7.48. The first-order chi connectivity index (χ1) is 14.1. The third-order valence-corrected chi connectivity index (χ3v) is 6.22. The minimum Gasteiger partial charge on any atom is -0.497 e. The average Bonchev–Trinajstić information content (AvgIpc) is 2.77. The molecular weight excluding hydrogens is 382 g/mol. The fourth-order valence-corrected chi connectivity index (χ4v) is 4.58. The number of piperidine rings is 1. The lowest BCUT2D eigenvalue weighted by Gasteiger charge is -2.30. The smallest absolute Gasteiger partial charge is 0.232 e. The first-order valence-electron chi connectivity index (χ1n) is 9.96. The van der Waals surface area contributed by atoms with Crippen LogP contribution < -0.4 is 4.74 Å². The Labute approximate surface area is 175 Å². The molecule has 1 aliphatic rings. The van der Waals surface area contributed by atoms with E-state index in [0.29, 0.717) is 17.5 Å². The molecule has 2 aromatic carbocycles. The van der Waals surface area contributed by atoms with Gasteiger partial charge in [-0.15, -0.1) is 0 Å². The van der Waals surface area contributed by atoms with Gasteiger partial charge in [0.15, 0.2) is 5.82 Å². The Hall–Kier alpha value is -2.60. The van der Waals surface area contributed by atoms with Gasteiger partial charge in [0, 0.05) is 24.0 Å². The molecule has 1 aromatic heterocycles. The Bertz CT molecular complexity index is 1010. The molecule has 1 aliphatic heterocycles. The average molecular weight is 408 g/mol. The topological polar surface area (TPSA) is 55.3 Å². The maximum absolute atomic E-state index is 12.8. The summed E-state index contributed by atoms with van der Waals surface area (Å²) >= 11 is 1.48. The number of likely N-dealkylation sites (tertiary alicyclic amines) is 1. The molecule has 1 saturated heterocycles. The fourth-order valence-electron chi connectivity index (χ4n) is 3.67. The van der Waals surface area contributed by atoms with E-state index in [1.165, 1.54) is 18.2 Å². The van der Waals surface area contributed by atoms with Crippen LogP contribution in [-0.2, 0) is 4.79 Å². The van der Waals surface area contributed by atoms with Crippen molar-refractivity contribution in [3.05, 3.63) is 48.5 Å². The van der Waals surface area contributed by atoms with Gasteiger partial charge in [-0.2, -0.15) is 0 Å². The molecule has 29 heavy (non-hydrogen) atoms. The van der Waals surface area contributed by atoms with E-state index in [0.717, 1.165) is 46.8 Å². The molecule has 5 nitrogen and oxygen atoms in total. The Balaban J connectivity index is 1.64. The number of hydrogen-bond donors (Lipinski definition) is 0. The molecule has 1 fully saturated rings. The van der Waals surface area contributed by atoms with Crippen LogP contribution >= 0.6 is 11.8 Å². The summed E-state index contributed by atoms with van der Waals surface area (Å²) < 4.78 is 5.38. The highest BCUT2D eigenvalue weighted by molar-refractivity contribution is 8.00. The molecule has 150 valence electrons. The summed E-state index contributed by atoms with van der Waals surface area (Å²) in [5, 5.41) is 1.72. The van der Waals surface area contributed by atoms with Gasteiger partial charge in [-0.1, -0.05) is 49.0 Å². The van der Waals surface area contributed by atoms with E-state index in [1.807, 2.05) is 53.4 Å². The maximum atomic E-state index is 12.8. The number of aromatic nitrogens is 2. The zero-order valence-corrected chi connectivity index (χ0v) is 17.6. The van der Waals surface area contributed by atoms with Gasteiger partial charge in [0.05, 0.1) is 18.4 Å². The summed E-state index contributed by atoms with van der Waals surface area (Å²) in [6.07, 6.45) is 2.29. The minimum atomic E-state index is 0.178. The summed E-state index contributed by atoms with van der Waals surface area (Å²) in [4.78, 5) is 24.3. The number of hydrogen-bond acceptors (Lipinski definition) is 5. The minimum absolute atomic E-state index is 0.178. The molecule has 6 heteroatoms. The number of ether oxygens (including phenoxy) is 1. The lowest BCUT2D eigenvalue weighted by atomic mass is 10.0. The van der Waals surface area contributed by atoms with E-state index in [1.54, 1.807) is 7.11 Å². The van der Waals surface area contributed by atoms with Crippen molar-refractivity contribution in [2.45, 2.75) is 24.8 Å². The second kappa shape index (κ2) is 8.82. The van der Waals surface area contributed by atoms with Gasteiger partial charge in [-0.05, 0) is 37.0 Å². The lowest BCUT2D eigenvalue weighted by Crippen LogP contribution is -2.40. The van der Waals surface area contributed by atoms with Gasteiger partial charge in [-0.25, -0.2) is 9.97 Å². The molecule has 1 unspecified atom stereocenters. The van der Waals surface area contributed by atoms with Crippen molar-refractivity contribution >= 4 is 28.6 Å². The molecule has 3 aromatic rings. The molecule has 0 radical (unpaired) electrons. The van der Waals surface area contributed by atoms with Crippen molar-refractivity contribution in [1.82, 2.24) is 14.9 Å². The number of fused-ring (bicyclic) bond motifs is 1. The van der Waals surface area contributed by atoms with Crippen molar-refractivity contribution in [3.8, 4) is 17.1 Å². The highest BCUT2D eigenvalue weighted by atomic mass is 32.2. The summed E-state index contributed by atoms with van der Waals surface area (Å²) in [5.41, 5.74) is 1.81. The van der Waals surface area contributed by atoms with Crippen LogP contribution in [0.4, 0.5) is 0 Å². The van der Waals surface area contributed by atoms with Crippen LogP contribution in [0.5, 0.6) is 5.75 Å². The van der Waals surface area contributed by atoms with E-state index < -0.39 is 0 Å². The van der Waals surface area contributed by atoms with Gasteiger partial charge in [-0.3, -0.25) is 4.79 Å². The monoisotopic (exact) mass is 407 g/mol. The fraction of sp³-hybridized carbons (Fsp3) is 0.348. The van der Waals surface area contributed by atoms with Crippen LogP contribution in [0.25, 0.3) is 22.3 Å². The number of carbonyl (C=O) groups excluding carboxylic acids is 1. The van der Waals surface area contributed by atoms with Crippen LogP contribution in [0.15, 0.2) is 53.6 Å². The first kappa shape index (κ1) is 19.7. The number of benzene rings is 2. The van der Waals surface area contributed by atoms with E-state index in [-0.39, 0.29) is 5.91 Å². The van der Waals surface area contributed by atoms with Crippen LogP contribution in [0.3, 0.4) is 0 Å². The van der Waals surface area contributed by atoms with Gasteiger partial charge >= 0.3 is 0 Å². The van der Waals surface area contributed by atoms with Gasteiger partial charge in [0.2, 0.25) is 5.91 Å². The van der Waals surface area contributed by atoms with E-state index in [9.17, 15) is 4.79 Å². The van der Waals surface area contributed by atoms with Crippen molar-refractivity contribution in [3.63, 3.8) is 0 Å². The maximum Gasteiger partial charge on any atom is 0.232 e. The normalized spacial score (nSPS) is 16.8. The van der Waals surface area contributed by atoms with Crippen LogP contribution in [0.2, 0.25) is 0 Å². The van der Waals surface area contributed by atoms with Crippen molar-refractivity contribution < 1.29 is 9.53 Å². The number of nitrogens with zero attached hydrogens (tertiary/aromatic N) is 3. The highest BCUT2D eigenvalue weighted by Gasteiger charge is 2.21. The van der Waals surface area contributed by atoms with Crippen molar-refractivity contribution in [2.75, 3.05) is 26.0 Å². The van der Waals surface area contributed by atoms with Crippen molar-refractivity contribution in [1.29, 1.82) is 0 Å². The zero-order chi connectivity index (χ0) is 20.2. The van der Waals surface area contributed by atoms with E-state index in [2.05, 4.69) is 6.92 Å². The van der Waals surface area contributed by atoms with Crippen LogP contribution in [-0.4, -0.2) is 46.7 Å². The predicted molar refractivity (Wildman–Crippen MR) is 117 cm³/mol. The van der Waals surface area contributed by atoms with Crippen molar-refractivity contribution in [2.24, 2.45) is 5.92 Å². The Morgan fingerprint density at radius 1 is 1.21 bits per heavy atom. The Kier molecular flexibility index (Phi) is 6.00. The van der Waals surface area contributed by atoms with Gasteiger partial charge < -0.3 is 9.64 Å². The molecule has 4 rings (SSSR count). The molecule has 1 atom stereocenters. The van der Waals surface area contributed by atoms with E-state index in [4.69, 9.17) is 14.7 Å². The third kappa shape index (κ3) is 4.53. The predicted octanol–water partition coefficient (Wildman–Crippen LogP) is 4.66.